The fourth-order valence-electron chi connectivity index (χ4n) is 0.912. The molecule has 0 atom stereocenters. The molecule has 13 heavy (non-hydrogen) atoms. The van der Waals surface area contributed by atoms with Crippen LogP contribution >= 0.6 is 11.3 Å². The largest absolute Gasteiger partial charge is 0.395 e. The van der Waals surface area contributed by atoms with E-state index in [1.54, 1.807) is 0 Å². The van der Waals surface area contributed by atoms with Crippen molar-refractivity contribution in [3.05, 3.63) is 16.1 Å². The Kier molecular flexibility index (Phi) is 3.85. The molecule has 5 heteroatoms. The average Bonchev–Trinajstić information content (AvgIpc) is 2.48. The topological polar surface area (TPSA) is 62.2 Å². The summed E-state index contributed by atoms with van der Waals surface area (Å²) in [5, 5.41) is 13.9. The first-order valence-corrected chi connectivity index (χ1v) is 4.89. The lowest BCUT2D eigenvalue weighted by molar-refractivity contribution is -0.120. The molecule has 0 saturated carbocycles. The van der Waals surface area contributed by atoms with Gasteiger partial charge in [-0.3, -0.25) is 4.79 Å². The van der Waals surface area contributed by atoms with Crippen molar-refractivity contribution < 1.29 is 9.90 Å². The molecule has 0 radical (unpaired) electrons. The highest BCUT2D eigenvalue weighted by Crippen LogP contribution is 2.07. The van der Waals surface area contributed by atoms with E-state index in [2.05, 4.69) is 10.3 Å². The van der Waals surface area contributed by atoms with Gasteiger partial charge in [0.05, 0.1) is 23.7 Å². The second-order valence-electron chi connectivity index (χ2n) is 2.61. The molecule has 0 aliphatic heterocycles. The Morgan fingerprint density at radius 3 is 3.08 bits per heavy atom. The van der Waals surface area contributed by atoms with E-state index < -0.39 is 0 Å². The first-order valence-electron chi connectivity index (χ1n) is 4.01. The van der Waals surface area contributed by atoms with Gasteiger partial charge in [-0.2, -0.15) is 0 Å². The summed E-state index contributed by atoms with van der Waals surface area (Å²) in [5.41, 5.74) is 0.790. The summed E-state index contributed by atoms with van der Waals surface area (Å²) in [6.07, 6.45) is 0.296. The van der Waals surface area contributed by atoms with Crippen LogP contribution in [0.3, 0.4) is 0 Å². The smallest absolute Gasteiger partial charge is 0.226 e. The third-order valence-electron chi connectivity index (χ3n) is 1.44. The molecular weight excluding hydrogens is 188 g/mol. The molecule has 0 spiro atoms. The lowest BCUT2D eigenvalue weighted by Gasteiger charge is -1.99. The number of aryl methyl sites for hydroxylation is 1. The van der Waals surface area contributed by atoms with Crippen molar-refractivity contribution in [2.75, 3.05) is 13.2 Å². The average molecular weight is 200 g/mol. The van der Waals surface area contributed by atoms with Crippen LogP contribution in [-0.4, -0.2) is 29.1 Å². The van der Waals surface area contributed by atoms with Crippen molar-refractivity contribution in [3.63, 3.8) is 0 Å². The monoisotopic (exact) mass is 200 g/mol. The number of amides is 1. The van der Waals surface area contributed by atoms with Crippen LogP contribution in [0.2, 0.25) is 0 Å². The molecule has 1 rings (SSSR count). The number of hydrogen-bond acceptors (Lipinski definition) is 4. The molecule has 72 valence electrons. The van der Waals surface area contributed by atoms with E-state index in [-0.39, 0.29) is 12.5 Å². The summed E-state index contributed by atoms with van der Waals surface area (Å²) in [6, 6.07) is 0. The van der Waals surface area contributed by atoms with Crippen molar-refractivity contribution in [1.82, 2.24) is 10.3 Å². The van der Waals surface area contributed by atoms with Crippen molar-refractivity contribution >= 4 is 17.2 Å². The van der Waals surface area contributed by atoms with Crippen molar-refractivity contribution in [3.8, 4) is 0 Å². The molecule has 1 aromatic rings. The van der Waals surface area contributed by atoms with Gasteiger partial charge in [-0.1, -0.05) is 0 Å². The molecule has 0 aliphatic rings. The molecule has 0 fully saturated rings. The summed E-state index contributed by atoms with van der Waals surface area (Å²) in [5.74, 6) is -0.0978. The van der Waals surface area contributed by atoms with E-state index in [1.165, 1.54) is 11.3 Å². The van der Waals surface area contributed by atoms with Crippen LogP contribution in [0.5, 0.6) is 0 Å². The van der Waals surface area contributed by atoms with Crippen LogP contribution in [0.15, 0.2) is 5.38 Å². The van der Waals surface area contributed by atoms with Gasteiger partial charge in [0.15, 0.2) is 0 Å². The Labute approximate surface area is 80.6 Å². The van der Waals surface area contributed by atoms with E-state index in [4.69, 9.17) is 5.11 Å². The second kappa shape index (κ2) is 4.94. The van der Waals surface area contributed by atoms with Crippen LogP contribution in [0, 0.1) is 6.92 Å². The third-order valence-corrected chi connectivity index (χ3v) is 2.26. The van der Waals surface area contributed by atoms with Crippen molar-refractivity contribution in [1.29, 1.82) is 0 Å². The predicted molar refractivity (Wildman–Crippen MR) is 50.7 cm³/mol. The maximum atomic E-state index is 11.1. The number of nitrogens with zero attached hydrogens (tertiary/aromatic N) is 1. The highest BCUT2D eigenvalue weighted by Gasteiger charge is 2.04. The van der Waals surface area contributed by atoms with Gasteiger partial charge in [0.2, 0.25) is 5.91 Å². The molecule has 0 aliphatic carbocycles. The minimum atomic E-state index is -0.0978. The van der Waals surface area contributed by atoms with Crippen LogP contribution in [0.1, 0.15) is 10.7 Å². The van der Waals surface area contributed by atoms with Gasteiger partial charge >= 0.3 is 0 Å². The first kappa shape index (κ1) is 10.1. The number of nitrogens with one attached hydrogen (secondary N) is 1. The molecule has 1 heterocycles. The Bertz CT molecular complexity index is 285. The van der Waals surface area contributed by atoms with Gasteiger partial charge in [-0.05, 0) is 6.92 Å². The molecule has 0 aromatic carbocycles. The highest BCUT2D eigenvalue weighted by atomic mass is 32.1. The molecular formula is C8H12N2O2S. The summed E-state index contributed by atoms with van der Waals surface area (Å²) < 4.78 is 0. The minimum absolute atomic E-state index is 0.0260. The van der Waals surface area contributed by atoms with Gasteiger partial charge in [-0.15, -0.1) is 11.3 Å². The number of aromatic nitrogens is 1. The zero-order chi connectivity index (χ0) is 9.68. The van der Waals surface area contributed by atoms with Gasteiger partial charge in [0.1, 0.15) is 0 Å². The molecule has 0 saturated heterocycles. The summed E-state index contributed by atoms with van der Waals surface area (Å²) in [6.45, 7) is 2.18. The Morgan fingerprint density at radius 2 is 2.54 bits per heavy atom. The number of aliphatic hydroxyl groups excluding tert-OH is 1. The van der Waals surface area contributed by atoms with Gasteiger partial charge in [0.25, 0.3) is 0 Å². The lowest BCUT2D eigenvalue weighted by Crippen LogP contribution is -2.27. The molecule has 1 amide bonds. The van der Waals surface area contributed by atoms with Gasteiger partial charge in [-0.25, -0.2) is 4.98 Å². The maximum Gasteiger partial charge on any atom is 0.226 e. The molecule has 1 aromatic heterocycles. The standard InChI is InChI=1S/C8H12N2O2S/c1-6-10-7(5-13-6)4-8(12)9-2-3-11/h5,11H,2-4H2,1H3,(H,9,12). The van der Waals surface area contributed by atoms with Crippen LogP contribution < -0.4 is 5.32 Å². The minimum Gasteiger partial charge on any atom is -0.395 e. The first-order chi connectivity index (χ1) is 6.22. The van der Waals surface area contributed by atoms with Crippen LogP contribution in [-0.2, 0) is 11.2 Å². The number of rotatable bonds is 4. The van der Waals surface area contributed by atoms with Crippen LogP contribution in [0.25, 0.3) is 0 Å². The molecule has 0 unspecified atom stereocenters. The summed E-state index contributed by atoms with van der Waals surface area (Å²) >= 11 is 1.53. The Balaban J connectivity index is 2.36. The normalized spacial score (nSPS) is 10.0. The van der Waals surface area contributed by atoms with E-state index in [0.29, 0.717) is 13.0 Å². The van der Waals surface area contributed by atoms with E-state index in [0.717, 1.165) is 10.7 Å². The number of hydrogen-bond donors (Lipinski definition) is 2. The zero-order valence-electron chi connectivity index (χ0n) is 7.41. The number of carbonyl (C=O) groups is 1. The van der Waals surface area contributed by atoms with Crippen molar-refractivity contribution in [2.45, 2.75) is 13.3 Å². The fourth-order valence-corrected chi connectivity index (χ4v) is 1.52. The Morgan fingerprint density at radius 1 is 1.77 bits per heavy atom. The lowest BCUT2D eigenvalue weighted by atomic mass is 10.3. The van der Waals surface area contributed by atoms with Crippen molar-refractivity contribution in [2.24, 2.45) is 0 Å². The van der Waals surface area contributed by atoms with E-state index in [9.17, 15) is 4.79 Å². The fraction of sp³-hybridized carbons (Fsp3) is 0.500. The molecule has 4 nitrogen and oxygen atoms in total. The molecule has 2 N–H and O–H groups in total. The summed E-state index contributed by atoms with van der Waals surface area (Å²) in [4.78, 5) is 15.3. The zero-order valence-corrected chi connectivity index (χ0v) is 8.23. The maximum absolute atomic E-state index is 11.1. The second-order valence-corrected chi connectivity index (χ2v) is 3.67. The molecule has 0 bridgehead atoms. The van der Waals surface area contributed by atoms with Gasteiger partial charge < -0.3 is 10.4 Å². The van der Waals surface area contributed by atoms with Crippen LogP contribution in [0.4, 0.5) is 0 Å². The van der Waals surface area contributed by atoms with E-state index >= 15 is 0 Å². The van der Waals surface area contributed by atoms with Gasteiger partial charge in [0, 0.05) is 11.9 Å². The highest BCUT2D eigenvalue weighted by molar-refractivity contribution is 7.09. The quantitative estimate of drug-likeness (QED) is 0.724. The number of carbonyl (C=O) groups excluding carboxylic acids is 1. The third kappa shape index (κ3) is 3.52. The number of thiazole rings is 1. The SMILES string of the molecule is Cc1nc(CC(=O)NCCO)cs1. The van der Waals surface area contributed by atoms with E-state index in [1.807, 2.05) is 12.3 Å². The number of aliphatic hydroxyl groups is 1. The summed E-state index contributed by atoms with van der Waals surface area (Å²) in [7, 11) is 0. The predicted octanol–water partition coefficient (Wildman–Crippen LogP) is 0.103. The Hall–Kier alpha value is -0.940.